The number of halogens is 1. The number of methoxy groups -OCH3 is 1. The third-order valence-electron chi connectivity index (χ3n) is 7.64. The highest BCUT2D eigenvalue weighted by Gasteiger charge is 2.28. The Hall–Kier alpha value is -3.83. The van der Waals surface area contributed by atoms with Gasteiger partial charge in [-0.05, 0) is 69.2 Å². The maximum atomic E-state index is 14.6. The first kappa shape index (κ1) is 25.8. The zero-order valence-corrected chi connectivity index (χ0v) is 22.0. The molecule has 0 radical (unpaired) electrons. The molecular weight excluding hydrogens is 481 g/mol. The molecule has 0 saturated carbocycles. The van der Waals surface area contributed by atoms with Gasteiger partial charge in [0.2, 0.25) is 0 Å². The minimum absolute atomic E-state index is 0.00552. The van der Waals surface area contributed by atoms with Crippen LogP contribution in [0, 0.1) is 23.1 Å². The van der Waals surface area contributed by atoms with Gasteiger partial charge in [-0.1, -0.05) is 18.2 Å². The predicted molar refractivity (Wildman–Crippen MR) is 147 cm³/mol. The van der Waals surface area contributed by atoms with Crippen LogP contribution < -0.4 is 15.0 Å². The largest absolute Gasteiger partial charge is 0.494 e. The standard InChI is InChI=1S/C30H34FN5O2/c1-30(37)12-14-35(15-13-30)24-10-11-26(28(17-24)38-2)36-27(22-8-9-23(19-32)25(31)16-22)18-29(34-36)33-20-21-6-4-3-5-7-21/h3-4,8-11,16-18,21,37H,5-7,12-15,20H2,1-2H3,(H,33,34). The zero-order valence-electron chi connectivity index (χ0n) is 22.0. The molecule has 2 aromatic carbocycles. The van der Waals surface area contributed by atoms with Gasteiger partial charge < -0.3 is 20.1 Å². The van der Waals surface area contributed by atoms with Gasteiger partial charge in [0.1, 0.15) is 29.1 Å². The number of nitrogens with zero attached hydrogens (tertiary/aromatic N) is 4. The Bertz CT molecular complexity index is 1360. The van der Waals surface area contributed by atoms with Crippen LogP contribution in [0.3, 0.4) is 0 Å². The molecule has 1 atom stereocenters. The van der Waals surface area contributed by atoms with Crippen molar-refractivity contribution >= 4 is 11.5 Å². The highest BCUT2D eigenvalue weighted by atomic mass is 19.1. The van der Waals surface area contributed by atoms with Crippen molar-refractivity contribution in [2.45, 2.75) is 44.6 Å². The lowest BCUT2D eigenvalue weighted by Crippen LogP contribution is -2.42. The van der Waals surface area contributed by atoms with E-state index in [2.05, 4.69) is 22.4 Å². The number of aromatic nitrogens is 2. The molecule has 2 N–H and O–H groups in total. The molecule has 8 heteroatoms. The average molecular weight is 516 g/mol. The highest BCUT2D eigenvalue weighted by Crippen LogP contribution is 2.35. The fourth-order valence-electron chi connectivity index (χ4n) is 5.20. The second-order valence-electron chi connectivity index (χ2n) is 10.5. The summed E-state index contributed by atoms with van der Waals surface area (Å²) in [6.07, 6.45) is 9.14. The molecule has 38 heavy (non-hydrogen) atoms. The molecule has 0 bridgehead atoms. The Balaban J connectivity index is 1.49. The topological polar surface area (TPSA) is 86.3 Å². The van der Waals surface area contributed by atoms with Crippen LogP contribution in [-0.4, -0.2) is 47.2 Å². The van der Waals surface area contributed by atoms with Crippen molar-refractivity contribution in [3.63, 3.8) is 0 Å². The number of anilines is 2. The number of nitrogens with one attached hydrogen (secondary N) is 1. The normalized spacial score (nSPS) is 18.7. The van der Waals surface area contributed by atoms with E-state index in [0.29, 0.717) is 41.6 Å². The van der Waals surface area contributed by atoms with Gasteiger partial charge in [0.15, 0.2) is 0 Å². The average Bonchev–Trinajstić information content (AvgIpc) is 3.36. The van der Waals surface area contributed by atoms with Crippen LogP contribution in [0.1, 0.15) is 44.6 Å². The first-order chi connectivity index (χ1) is 18.4. The fraction of sp³-hybridized carbons (Fsp3) is 0.400. The molecule has 5 rings (SSSR count). The summed E-state index contributed by atoms with van der Waals surface area (Å²) in [4.78, 5) is 2.25. The molecule has 1 unspecified atom stereocenters. The van der Waals surface area contributed by atoms with E-state index >= 15 is 0 Å². The number of piperidine rings is 1. The van der Waals surface area contributed by atoms with Crippen molar-refractivity contribution in [3.8, 4) is 28.8 Å². The van der Waals surface area contributed by atoms with E-state index in [1.807, 2.05) is 37.3 Å². The minimum atomic E-state index is -0.627. The van der Waals surface area contributed by atoms with Gasteiger partial charge in [0.05, 0.1) is 24.0 Å². The molecule has 198 valence electrons. The molecule has 0 spiro atoms. The predicted octanol–water partition coefficient (Wildman–Crippen LogP) is 5.68. The van der Waals surface area contributed by atoms with Crippen LogP contribution in [0.2, 0.25) is 0 Å². The van der Waals surface area contributed by atoms with Crippen molar-refractivity contribution in [1.82, 2.24) is 9.78 Å². The van der Waals surface area contributed by atoms with Crippen molar-refractivity contribution in [2.24, 2.45) is 5.92 Å². The number of ether oxygens (including phenoxy) is 1. The van der Waals surface area contributed by atoms with E-state index < -0.39 is 11.4 Å². The Morgan fingerprint density at radius 2 is 2.00 bits per heavy atom. The molecule has 1 aliphatic heterocycles. The Morgan fingerprint density at radius 1 is 1.18 bits per heavy atom. The second kappa shape index (κ2) is 10.9. The number of rotatable bonds is 7. The summed E-state index contributed by atoms with van der Waals surface area (Å²) < 4.78 is 22.2. The number of benzene rings is 2. The van der Waals surface area contributed by atoms with Gasteiger partial charge in [0.25, 0.3) is 0 Å². The van der Waals surface area contributed by atoms with E-state index in [-0.39, 0.29) is 5.56 Å². The van der Waals surface area contributed by atoms with Crippen LogP contribution in [0.4, 0.5) is 15.9 Å². The van der Waals surface area contributed by atoms with Crippen LogP contribution >= 0.6 is 0 Å². The summed E-state index contributed by atoms with van der Waals surface area (Å²) in [6.45, 7) is 4.21. The molecule has 1 fully saturated rings. The number of nitriles is 1. The Kier molecular flexibility index (Phi) is 7.39. The summed E-state index contributed by atoms with van der Waals surface area (Å²) in [5.41, 5.74) is 2.44. The lowest BCUT2D eigenvalue weighted by Gasteiger charge is -2.37. The van der Waals surface area contributed by atoms with E-state index in [9.17, 15) is 14.8 Å². The lowest BCUT2D eigenvalue weighted by molar-refractivity contribution is 0.0351. The summed E-state index contributed by atoms with van der Waals surface area (Å²) in [5, 5.41) is 27.9. The van der Waals surface area contributed by atoms with E-state index in [1.54, 1.807) is 17.9 Å². The smallest absolute Gasteiger partial charge is 0.149 e. The minimum Gasteiger partial charge on any atom is -0.494 e. The quantitative estimate of drug-likeness (QED) is 0.394. The van der Waals surface area contributed by atoms with Crippen molar-refractivity contribution in [2.75, 3.05) is 37.0 Å². The number of allylic oxidation sites excluding steroid dienone is 2. The molecule has 1 aromatic heterocycles. The third kappa shape index (κ3) is 5.53. The van der Waals surface area contributed by atoms with Crippen molar-refractivity contribution in [3.05, 3.63) is 66.0 Å². The van der Waals surface area contributed by atoms with Gasteiger partial charge in [-0.15, -0.1) is 5.10 Å². The van der Waals surface area contributed by atoms with E-state index in [1.165, 1.54) is 12.1 Å². The van der Waals surface area contributed by atoms with Crippen LogP contribution in [-0.2, 0) is 0 Å². The van der Waals surface area contributed by atoms with Gasteiger partial charge >= 0.3 is 0 Å². The lowest BCUT2D eigenvalue weighted by atomic mass is 9.93. The monoisotopic (exact) mass is 515 g/mol. The summed E-state index contributed by atoms with van der Waals surface area (Å²) in [5.74, 6) is 1.32. The van der Waals surface area contributed by atoms with Crippen molar-refractivity contribution < 1.29 is 14.2 Å². The molecule has 7 nitrogen and oxygen atoms in total. The molecule has 1 saturated heterocycles. The SMILES string of the molecule is COc1cc(N2CCC(C)(O)CC2)ccc1-n1nc(NCC2CC=CCC2)cc1-c1ccc(C#N)c(F)c1. The first-order valence-electron chi connectivity index (χ1n) is 13.2. The third-order valence-corrected chi connectivity index (χ3v) is 7.64. The molecular formula is C30H34FN5O2. The number of hydrogen-bond acceptors (Lipinski definition) is 6. The van der Waals surface area contributed by atoms with Gasteiger partial charge in [0, 0.05) is 43.0 Å². The van der Waals surface area contributed by atoms with Crippen LogP contribution in [0.25, 0.3) is 16.9 Å². The molecule has 1 aliphatic carbocycles. The Morgan fingerprint density at radius 3 is 2.68 bits per heavy atom. The number of aliphatic hydroxyl groups is 1. The van der Waals surface area contributed by atoms with E-state index in [4.69, 9.17) is 9.84 Å². The molecule has 2 aliphatic rings. The van der Waals surface area contributed by atoms with Gasteiger partial charge in [-0.25, -0.2) is 9.07 Å². The zero-order chi connectivity index (χ0) is 26.7. The molecule has 2 heterocycles. The van der Waals surface area contributed by atoms with Crippen LogP contribution in [0.15, 0.2) is 54.6 Å². The Labute approximate surface area is 223 Å². The summed E-state index contributed by atoms with van der Waals surface area (Å²) in [7, 11) is 1.63. The maximum absolute atomic E-state index is 14.6. The second-order valence-corrected chi connectivity index (χ2v) is 10.5. The number of hydrogen-bond donors (Lipinski definition) is 2. The van der Waals surface area contributed by atoms with Gasteiger partial charge in [-0.2, -0.15) is 5.26 Å². The highest BCUT2D eigenvalue weighted by molar-refractivity contribution is 5.69. The maximum Gasteiger partial charge on any atom is 0.149 e. The van der Waals surface area contributed by atoms with Crippen molar-refractivity contribution in [1.29, 1.82) is 5.26 Å². The summed E-state index contributed by atoms with van der Waals surface area (Å²) in [6, 6.07) is 14.4. The molecule has 0 amide bonds. The van der Waals surface area contributed by atoms with Gasteiger partial charge in [-0.3, -0.25) is 0 Å². The van der Waals surface area contributed by atoms with Crippen LogP contribution in [0.5, 0.6) is 5.75 Å². The fourth-order valence-corrected chi connectivity index (χ4v) is 5.20. The molecule has 3 aromatic rings. The first-order valence-corrected chi connectivity index (χ1v) is 13.2. The van der Waals surface area contributed by atoms with E-state index in [0.717, 1.165) is 50.3 Å². The summed E-state index contributed by atoms with van der Waals surface area (Å²) >= 11 is 0.